The molecule has 0 aliphatic carbocycles. The van der Waals surface area contributed by atoms with Gasteiger partial charge in [-0.25, -0.2) is 9.97 Å². The van der Waals surface area contributed by atoms with Gasteiger partial charge in [0.15, 0.2) is 0 Å². The number of hydrogen-bond acceptors (Lipinski definition) is 3. The van der Waals surface area contributed by atoms with E-state index in [1.807, 2.05) is 12.4 Å². The SMILES string of the molecule is CCCNC(c1cncnc1)C(C)C(C)C. The molecule has 1 aromatic heterocycles. The Morgan fingerprint density at radius 1 is 1.19 bits per heavy atom. The van der Waals surface area contributed by atoms with Gasteiger partial charge in [-0.2, -0.15) is 0 Å². The van der Waals surface area contributed by atoms with Crippen LogP contribution < -0.4 is 5.32 Å². The molecule has 16 heavy (non-hydrogen) atoms. The first-order chi connectivity index (χ1) is 7.66. The summed E-state index contributed by atoms with van der Waals surface area (Å²) in [5.74, 6) is 1.23. The predicted molar refractivity (Wildman–Crippen MR) is 67.1 cm³/mol. The van der Waals surface area contributed by atoms with Crippen LogP contribution in [-0.4, -0.2) is 16.5 Å². The maximum atomic E-state index is 4.10. The van der Waals surface area contributed by atoms with Gasteiger partial charge in [0, 0.05) is 24.0 Å². The third-order valence-corrected chi connectivity index (χ3v) is 3.13. The molecule has 90 valence electrons. The number of nitrogens with one attached hydrogen (secondary N) is 1. The molecule has 0 amide bonds. The lowest BCUT2D eigenvalue weighted by Gasteiger charge is -2.27. The summed E-state index contributed by atoms with van der Waals surface area (Å²) in [7, 11) is 0. The monoisotopic (exact) mass is 221 g/mol. The molecule has 0 aromatic carbocycles. The summed E-state index contributed by atoms with van der Waals surface area (Å²) < 4.78 is 0. The highest BCUT2D eigenvalue weighted by atomic mass is 14.9. The first kappa shape index (κ1) is 13.1. The van der Waals surface area contributed by atoms with E-state index >= 15 is 0 Å². The standard InChI is InChI=1S/C13H23N3/c1-5-6-16-13(11(4)10(2)3)12-7-14-9-15-8-12/h7-11,13,16H,5-6H2,1-4H3. The van der Waals surface area contributed by atoms with Crippen LogP contribution in [0.15, 0.2) is 18.7 Å². The van der Waals surface area contributed by atoms with Crippen molar-refractivity contribution in [1.29, 1.82) is 0 Å². The summed E-state index contributed by atoms with van der Waals surface area (Å²) in [5, 5.41) is 3.59. The lowest BCUT2D eigenvalue weighted by molar-refractivity contribution is 0.303. The van der Waals surface area contributed by atoms with Crippen molar-refractivity contribution < 1.29 is 0 Å². The Hall–Kier alpha value is -0.960. The van der Waals surface area contributed by atoms with Crippen molar-refractivity contribution in [2.24, 2.45) is 11.8 Å². The van der Waals surface area contributed by atoms with E-state index < -0.39 is 0 Å². The molecule has 2 unspecified atom stereocenters. The van der Waals surface area contributed by atoms with Gasteiger partial charge in [-0.1, -0.05) is 27.7 Å². The molecule has 0 radical (unpaired) electrons. The Morgan fingerprint density at radius 3 is 2.31 bits per heavy atom. The van der Waals surface area contributed by atoms with Crippen molar-refractivity contribution >= 4 is 0 Å². The van der Waals surface area contributed by atoms with Gasteiger partial charge < -0.3 is 5.32 Å². The highest BCUT2D eigenvalue weighted by Crippen LogP contribution is 2.26. The van der Waals surface area contributed by atoms with Crippen LogP contribution in [0.25, 0.3) is 0 Å². The normalized spacial score (nSPS) is 15.1. The molecule has 0 saturated carbocycles. The van der Waals surface area contributed by atoms with Crippen LogP contribution in [0.1, 0.15) is 45.7 Å². The molecule has 0 fully saturated rings. The first-order valence-corrected chi connectivity index (χ1v) is 6.15. The van der Waals surface area contributed by atoms with E-state index in [1.165, 1.54) is 5.56 Å². The molecule has 3 heteroatoms. The van der Waals surface area contributed by atoms with Gasteiger partial charge in [0.25, 0.3) is 0 Å². The summed E-state index contributed by atoms with van der Waals surface area (Å²) in [6.07, 6.45) is 6.56. The van der Waals surface area contributed by atoms with Crippen molar-refractivity contribution in [1.82, 2.24) is 15.3 Å². The molecule has 1 N–H and O–H groups in total. The summed E-state index contributed by atoms with van der Waals surface area (Å²) >= 11 is 0. The fourth-order valence-electron chi connectivity index (χ4n) is 1.76. The van der Waals surface area contributed by atoms with Crippen LogP contribution in [-0.2, 0) is 0 Å². The van der Waals surface area contributed by atoms with Crippen LogP contribution in [0.2, 0.25) is 0 Å². The molecule has 0 saturated heterocycles. The van der Waals surface area contributed by atoms with Crippen molar-refractivity contribution in [3.05, 3.63) is 24.3 Å². The minimum atomic E-state index is 0.362. The zero-order valence-corrected chi connectivity index (χ0v) is 10.8. The van der Waals surface area contributed by atoms with E-state index in [1.54, 1.807) is 6.33 Å². The highest BCUT2D eigenvalue weighted by Gasteiger charge is 2.21. The molecule has 0 aliphatic heterocycles. The lowest BCUT2D eigenvalue weighted by atomic mass is 9.87. The second-order valence-electron chi connectivity index (χ2n) is 4.71. The van der Waals surface area contributed by atoms with Crippen LogP contribution in [0, 0.1) is 11.8 Å². The molecule has 1 rings (SSSR count). The van der Waals surface area contributed by atoms with Crippen LogP contribution in [0.3, 0.4) is 0 Å². The molecular formula is C13H23N3. The molecule has 0 spiro atoms. The molecule has 3 nitrogen and oxygen atoms in total. The van der Waals surface area contributed by atoms with Crippen molar-refractivity contribution in [2.75, 3.05) is 6.54 Å². The topological polar surface area (TPSA) is 37.8 Å². The Labute approximate surface area is 98.7 Å². The van der Waals surface area contributed by atoms with Crippen molar-refractivity contribution in [3.8, 4) is 0 Å². The fourth-order valence-corrected chi connectivity index (χ4v) is 1.76. The average molecular weight is 221 g/mol. The number of nitrogens with zero attached hydrogens (tertiary/aromatic N) is 2. The van der Waals surface area contributed by atoms with E-state index in [0.29, 0.717) is 17.9 Å². The molecule has 0 bridgehead atoms. The van der Waals surface area contributed by atoms with Gasteiger partial charge in [-0.3, -0.25) is 0 Å². The van der Waals surface area contributed by atoms with Crippen LogP contribution >= 0.6 is 0 Å². The molecular weight excluding hydrogens is 198 g/mol. The zero-order chi connectivity index (χ0) is 12.0. The molecule has 1 aromatic rings. The fraction of sp³-hybridized carbons (Fsp3) is 0.692. The van der Waals surface area contributed by atoms with Gasteiger partial charge in [0.05, 0.1) is 0 Å². The molecule has 0 aliphatic rings. The first-order valence-electron chi connectivity index (χ1n) is 6.15. The quantitative estimate of drug-likeness (QED) is 0.802. The minimum Gasteiger partial charge on any atom is -0.310 e. The average Bonchev–Trinajstić information content (AvgIpc) is 2.30. The van der Waals surface area contributed by atoms with Gasteiger partial charge in [0.1, 0.15) is 6.33 Å². The Morgan fingerprint density at radius 2 is 1.81 bits per heavy atom. The third-order valence-electron chi connectivity index (χ3n) is 3.13. The van der Waals surface area contributed by atoms with E-state index in [0.717, 1.165) is 13.0 Å². The maximum absolute atomic E-state index is 4.10. The van der Waals surface area contributed by atoms with Gasteiger partial charge in [-0.15, -0.1) is 0 Å². The summed E-state index contributed by atoms with van der Waals surface area (Å²) in [4.78, 5) is 8.21. The van der Waals surface area contributed by atoms with Crippen LogP contribution in [0.4, 0.5) is 0 Å². The summed E-state index contributed by atoms with van der Waals surface area (Å²) in [5.41, 5.74) is 1.19. The number of rotatable bonds is 6. The Balaban J connectivity index is 2.79. The minimum absolute atomic E-state index is 0.362. The smallest absolute Gasteiger partial charge is 0.115 e. The van der Waals surface area contributed by atoms with Gasteiger partial charge in [0.2, 0.25) is 0 Å². The van der Waals surface area contributed by atoms with E-state index in [9.17, 15) is 0 Å². The highest BCUT2D eigenvalue weighted by molar-refractivity contribution is 5.10. The predicted octanol–water partition coefficient (Wildman–Crippen LogP) is 2.81. The maximum Gasteiger partial charge on any atom is 0.115 e. The summed E-state index contributed by atoms with van der Waals surface area (Å²) in [6, 6.07) is 0.362. The Bertz CT molecular complexity index is 284. The second kappa shape index (κ2) is 6.59. The largest absolute Gasteiger partial charge is 0.310 e. The van der Waals surface area contributed by atoms with Gasteiger partial charge in [-0.05, 0) is 24.8 Å². The van der Waals surface area contributed by atoms with Crippen LogP contribution in [0.5, 0.6) is 0 Å². The van der Waals surface area contributed by atoms with E-state index in [-0.39, 0.29) is 0 Å². The van der Waals surface area contributed by atoms with E-state index in [4.69, 9.17) is 0 Å². The lowest BCUT2D eigenvalue weighted by Crippen LogP contribution is -2.30. The third kappa shape index (κ3) is 3.56. The zero-order valence-electron chi connectivity index (χ0n) is 10.8. The van der Waals surface area contributed by atoms with E-state index in [2.05, 4.69) is 43.0 Å². The number of aromatic nitrogens is 2. The van der Waals surface area contributed by atoms with Crippen molar-refractivity contribution in [3.63, 3.8) is 0 Å². The Kier molecular flexibility index (Phi) is 5.39. The molecule has 2 atom stereocenters. The number of hydrogen-bond donors (Lipinski definition) is 1. The second-order valence-corrected chi connectivity index (χ2v) is 4.71. The van der Waals surface area contributed by atoms with Crippen molar-refractivity contribution in [2.45, 2.75) is 40.2 Å². The molecule has 1 heterocycles. The summed E-state index contributed by atoms with van der Waals surface area (Å²) in [6.45, 7) is 10.0. The van der Waals surface area contributed by atoms with Gasteiger partial charge >= 0.3 is 0 Å².